The lowest BCUT2D eigenvalue weighted by atomic mass is 9.97. The molecule has 17 heavy (non-hydrogen) atoms. The second kappa shape index (κ2) is 8.74. The zero-order chi connectivity index (χ0) is 12.5. The van der Waals surface area contributed by atoms with Gasteiger partial charge in [-0.25, -0.2) is 0 Å². The number of unbranched alkanes of at least 4 members (excludes halogenated alkanes) is 3. The van der Waals surface area contributed by atoms with E-state index < -0.39 is 0 Å². The molecule has 0 saturated carbocycles. The van der Waals surface area contributed by atoms with Crippen LogP contribution < -0.4 is 0 Å². The second-order valence-electron chi connectivity index (χ2n) is 4.77. The van der Waals surface area contributed by atoms with Gasteiger partial charge in [-0.05, 0) is 30.4 Å². The maximum atomic E-state index is 3.82. The number of alkyl halides is 1. The largest absolute Gasteiger partial charge is 0.0839 e. The first-order valence-electron chi connectivity index (χ1n) is 7.01. The lowest BCUT2D eigenvalue weighted by molar-refractivity contribution is 0.662. The minimum absolute atomic E-state index is 0.537. The predicted octanol–water partition coefficient (Wildman–Crippen LogP) is 6.05. The molecule has 0 saturated heterocycles. The molecule has 0 N–H and O–H groups in total. The summed E-state index contributed by atoms with van der Waals surface area (Å²) in [6.07, 6.45) is 9.09. The van der Waals surface area contributed by atoms with E-state index in [1.165, 1.54) is 50.5 Å². The normalized spacial score (nSPS) is 12.6. The van der Waals surface area contributed by atoms with Gasteiger partial charge in [0.05, 0.1) is 0 Å². The van der Waals surface area contributed by atoms with E-state index in [2.05, 4.69) is 54.0 Å². The molecule has 1 heteroatoms. The average Bonchev–Trinajstić information content (AvgIpc) is 2.35. The van der Waals surface area contributed by atoms with Crippen molar-refractivity contribution in [1.29, 1.82) is 0 Å². The van der Waals surface area contributed by atoms with Crippen molar-refractivity contribution in [2.24, 2.45) is 0 Å². The van der Waals surface area contributed by atoms with E-state index in [0.717, 1.165) is 0 Å². The number of benzene rings is 1. The summed E-state index contributed by atoms with van der Waals surface area (Å²) in [5.74, 6) is 0. The van der Waals surface area contributed by atoms with Crippen molar-refractivity contribution in [2.75, 3.05) is 0 Å². The molecular weight excluding hydrogens is 272 g/mol. The third kappa shape index (κ3) is 5.25. The Kier molecular flexibility index (Phi) is 7.59. The molecule has 0 spiro atoms. The molecule has 0 aromatic heterocycles. The Balaban J connectivity index is 2.57. The van der Waals surface area contributed by atoms with Gasteiger partial charge in [-0.3, -0.25) is 0 Å². The first-order chi connectivity index (χ1) is 8.29. The summed E-state index contributed by atoms with van der Waals surface area (Å²) in [5, 5.41) is 0. The molecular formula is C16H25Br. The smallest absolute Gasteiger partial charge is 0.0397 e. The highest BCUT2D eigenvalue weighted by Gasteiger charge is 2.10. The van der Waals surface area contributed by atoms with Gasteiger partial charge in [0.1, 0.15) is 0 Å². The first kappa shape index (κ1) is 14.8. The molecule has 0 heterocycles. The number of hydrogen-bond donors (Lipinski definition) is 0. The second-order valence-corrected chi connectivity index (χ2v) is 5.87. The molecule has 1 aromatic carbocycles. The Morgan fingerprint density at radius 2 is 1.76 bits per heavy atom. The van der Waals surface area contributed by atoms with E-state index in [1.807, 2.05) is 0 Å². The maximum Gasteiger partial charge on any atom is 0.0397 e. The lowest BCUT2D eigenvalue weighted by Crippen LogP contribution is -1.97. The first-order valence-corrected chi connectivity index (χ1v) is 7.93. The highest BCUT2D eigenvalue weighted by atomic mass is 79.9. The van der Waals surface area contributed by atoms with Gasteiger partial charge >= 0.3 is 0 Å². The fraction of sp³-hybridized carbons (Fsp3) is 0.625. The maximum absolute atomic E-state index is 3.82. The van der Waals surface area contributed by atoms with E-state index in [4.69, 9.17) is 0 Å². The van der Waals surface area contributed by atoms with Gasteiger partial charge in [0.15, 0.2) is 0 Å². The molecule has 0 fully saturated rings. The Morgan fingerprint density at radius 1 is 1.00 bits per heavy atom. The lowest BCUT2D eigenvalue weighted by Gasteiger charge is -2.14. The molecule has 0 amide bonds. The molecule has 1 atom stereocenters. The van der Waals surface area contributed by atoms with Crippen molar-refractivity contribution in [3.63, 3.8) is 0 Å². The van der Waals surface area contributed by atoms with Crippen LogP contribution in [-0.4, -0.2) is 0 Å². The van der Waals surface area contributed by atoms with Crippen LogP contribution in [0.5, 0.6) is 0 Å². The van der Waals surface area contributed by atoms with Crippen LogP contribution >= 0.6 is 15.9 Å². The van der Waals surface area contributed by atoms with E-state index in [-0.39, 0.29) is 0 Å². The number of rotatable bonds is 8. The Hall–Kier alpha value is -0.300. The van der Waals surface area contributed by atoms with Crippen LogP contribution in [0.4, 0.5) is 0 Å². The Bertz CT molecular complexity index is 306. The molecule has 96 valence electrons. The number of hydrogen-bond acceptors (Lipinski definition) is 0. The van der Waals surface area contributed by atoms with E-state index in [9.17, 15) is 0 Å². The summed E-state index contributed by atoms with van der Waals surface area (Å²) in [7, 11) is 0. The van der Waals surface area contributed by atoms with E-state index in [1.54, 1.807) is 5.56 Å². The topological polar surface area (TPSA) is 0 Å². The SMILES string of the molecule is CCCCCCc1ccccc1C(Br)CCC. The minimum Gasteiger partial charge on any atom is -0.0839 e. The molecule has 1 aromatic rings. The molecule has 0 aliphatic carbocycles. The third-order valence-corrected chi connectivity index (χ3v) is 4.19. The molecule has 1 unspecified atom stereocenters. The predicted molar refractivity (Wildman–Crippen MR) is 80.9 cm³/mol. The summed E-state index contributed by atoms with van der Waals surface area (Å²) >= 11 is 3.82. The van der Waals surface area contributed by atoms with Gasteiger partial charge in [-0.1, -0.05) is 79.7 Å². The zero-order valence-electron chi connectivity index (χ0n) is 11.2. The molecule has 0 nitrogen and oxygen atoms in total. The van der Waals surface area contributed by atoms with Crippen LogP contribution in [0.1, 0.15) is 68.3 Å². The van der Waals surface area contributed by atoms with Crippen LogP contribution in [0.25, 0.3) is 0 Å². The summed E-state index contributed by atoms with van der Waals surface area (Å²) in [6, 6.07) is 8.91. The van der Waals surface area contributed by atoms with Crippen LogP contribution in [0.15, 0.2) is 24.3 Å². The Labute approximate surface area is 115 Å². The fourth-order valence-corrected chi connectivity index (χ4v) is 3.12. The monoisotopic (exact) mass is 296 g/mol. The highest BCUT2D eigenvalue weighted by molar-refractivity contribution is 9.09. The van der Waals surface area contributed by atoms with E-state index in [0.29, 0.717) is 4.83 Å². The molecule has 0 radical (unpaired) electrons. The number of halogens is 1. The zero-order valence-corrected chi connectivity index (χ0v) is 12.8. The molecule has 0 aliphatic heterocycles. The quantitative estimate of drug-likeness (QED) is 0.405. The van der Waals surface area contributed by atoms with E-state index >= 15 is 0 Å². The average molecular weight is 297 g/mol. The van der Waals surface area contributed by atoms with Gasteiger partial charge in [0, 0.05) is 4.83 Å². The van der Waals surface area contributed by atoms with Crippen molar-refractivity contribution in [2.45, 2.75) is 63.6 Å². The third-order valence-electron chi connectivity index (χ3n) is 3.23. The summed E-state index contributed by atoms with van der Waals surface area (Å²) in [6.45, 7) is 4.52. The standard InChI is InChI=1S/C16H25Br/c1-3-5-6-7-11-14-12-8-9-13-15(14)16(17)10-4-2/h8-9,12-13,16H,3-7,10-11H2,1-2H3. The van der Waals surface area contributed by atoms with Crippen molar-refractivity contribution in [3.8, 4) is 0 Å². The van der Waals surface area contributed by atoms with Gasteiger partial charge in [0.25, 0.3) is 0 Å². The van der Waals surface area contributed by atoms with Crippen LogP contribution in [0, 0.1) is 0 Å². The van der Waals surface area contributed by atoms with Crippen molar-refractivity contribution in [3.05, 3.63) is 35.4 Å². The molecule has 0 aliphatic rings. The summed E-state index contributed by atoms with van der Waals surface area (Å²) < 4.78 is 0. The van der Waals surface area contributed by atoms with Crippen LogP contribution in [-0.2, 0) is 6.42 Å². The molecule has 0 bridgehead atoms. The van der Waals surface area contributed by atoms with Gasteiger partial charge in [-0.15, -0.1) is 0 Å². The van der Waals surface area contributed by atoms with Gasteiger partial charge in [0.2, 0.25) is 0 Å². The van der Waals surface area contributed by atoms with Crippen LogP contribution in [0.2, 0.25) is 0 Å². The Morgan fingerprint density at radius 3 is 2.47 bits per heavy atom. The van der Waals surface area contributed by atoms with Gasteiger partial charge < -0.3 is 0 Å². The van der Waals surface area contributed by atoms with Crippen molar-refractivity contribution in [1.82, 2.24) is 0 Å². The fourth-order valence-electron chi connectivity index (χ4n) is 2.22. The summed E-state index contributed by atoms with van der Waals surface area (Å²) in [5.41, 5.74) is 3.05. The van der Waals surface area contributed by atoms with Crippen molar-refractivity contribution >= 4 is 15.9 Å². The van der Waals surface area contributed by atoms with Crippen molar-refractivity contribution < 1.29 is 0 Å². The van der Waals surface area contributed by atoms with Gasteiger partial charge in [-0.2, -0.15) is 0 Å². The molecule has 1 rings (SSSR count). The number of aryl methyl sites for hydroxylation is 1. The summed E-state index contributed by atoms with van der Waals surface area (Å²) in [4.78, 5) is 0.537. The highest BCUT2D eigenvalue weighted by Crippen LogP contribution is 2.31. The van der Waals surface area contributed by atoms with Crippen LogP contribution in [0.3, 0.4) is 0 Å². The minimum atomic E-state index is 0.537.